The van der Waals surface area contributed by atoms with Crippen molar-refractivity contribution in [2.24, 2.45) is 11.7 Å². The van der Waals surface area contributed by atoms with Crippen LogP contribution >= 0.6 is 22.7 Å². The van der Waals surface area contributed by atoms with Crippen LogP contribution in [0.25, 0.3) is 56.1 Å². The maximum Gasteiger partial charge on any atom is 0.311 e. The number of aromatic nitrogens is 10. The molecular formula is C65H68F2N16O3S2. The SMILES string of the molecule is C.CCc1nc2ccc(-c3cnc(CC(=O)CC4CCNCC4)nc3)cn2c1N(C)c1nc(-c2ccc(F)cc2)c(C#N)s1.CCc1nc2ccc(-c3cnc(CC(=O)O)nc3)cn2c1N(C)c1nc(-c2ccc(F)cc2)c(C#N)s1.NC1CCCCC1. The Hall–Kier alpha value is -9.26. The molecule has 452 valence electrons. The van der Waals surface area contributed by atoms with E-state index in [1.165, 1.54) is 79.0 Å². The minimum atomic E-state index is -0.989. The summed E-state index contributed by atoms with van der Waals surface area (Å²) in [5.74, 6) is 1.35. The molecule has 0 bridgehead atoms. The zero-order valence-corrected chi connectivity index (χ0v) is 50.3. The molecule has 10 aromatic rings. The van der Waals surface area contributed by atoms with Gasteiger partial charge in [-0.2, -0.15) is 10.5 Å². The number of hydrogen-bond acceptors (Lipinski definition) is 18. The van der Waals surface area contributed by atoms with Gasteiger partial charge in [-0.1, -0.05) is 63.2 Å². The summed E-state index contributed by atoms with van der Waals surface area (Å²) in [5.41, 5.74) is 14.5. The summed E-state index contributed by atoms with van der Waals surface area (Å²) in [6.45, 7) is 6.01. The lowest BCUT2D eigenvalue weighted by molar-refractivity contribution is -0.136. The highest BCUT2D eigenvalue weighted by molar-refractivity contribution is 7.17. The summed E-state index contributed by atoms with van der Waals surface area (Å²) in [6.07, 6.45) is 21.3. The number of anilines is 4. The number of halogens is 2. The van der Waals surface area contributed by atoms with E-state index in [0.717, 1.165) is 82.5 Å². The van der Waals surface area contributed by atoms with Crippen molar-refractivity contribution in [2.75, 3.05) is 37.0 Å². The summed E-state index contributed by atoms with van der Waals surface area (Å²) in [7, 11) is 3.77. The fraction of sp³-hybridized carbons (Fsp3) is 0.323. The largest absolute Gasteiger partial charge is 0.481 e. The smallest absolute Gasteiger partial charge is 0.311 e. The number of carbonyl (C=O) groups excluding carboxylic acids is 1. The van der Waals surface area contributed by atoms with Gasteiger partial charge >= 0.3 is 5.97 Å². The molecule has 2 aromatic carbocycles. The first kappa shape index (κ1) is 63.2. The van der Waals surface area contributed by atoms with E-state index < -0.39 is 5.97 Å². The fourth-order valence-electron chi connectivity index (χ4n) is 10.6. The summed E-state index contributed by atoms with van der Waals surface area (Å²) in [5, 5.41) is 33.1. The van der Waals surface area contributed by atoms with Crippen molar-refractivity contribution in [3.8, 4) is 56.9 Å². The number of imidazole rings is 2. The van der Waals surface area contributed by atoms with Crippen LogP contribution in [0.2, 0.25) is 0 Å². The first-order valence-corrected chi connectivity index (χ1v) is 30.5. The average Bonchev–Trinajstić information content (AvgIpc) is 1.81. The standard InChI is InChI=1S/C32H31FN8OS.C26H20FN7O2S.C6H13N.CH4/c1-3-26-31(40(2)32-39-30(27(16-34)43-32)21-4-7-24(33)8-5-21)41-19-22(6-9-29(41)38-26)23-17-36-28(37-18-23)15-25(42)14-20-10-12-35-13-11-20;1-3-19-25(33(2)26-32-24(20(11-28)37-26)15-4-7-18(27)8-5-15)34-14-16(6-9-22(34)31-19)17-12-29-21(30-13-17)10-23(35)36;7-6-4-2-1-3-5-6;/h4-9,17-20,35H,3,10-15H2,1-2H3;4-9,12-14H,3,10H2,1-2H3,(H,35,36);6H,1-5,7H2;1H4. The molecule has 0 atom stereocenters. The van der Waals surface area contributed by atoms with Crippen LogP contribution in [0.4, 0.5) is 30.7 Å². The number of Topliss-reactive ketones (excluding diaryl/α,β-unsaturated/α-hetero) is 1. The van der Waals surface area contributed by atoms with E-state index >= 15 is 0 Å². The quantitative estimate of drug-likeness (QED) is 0.0812. The molecule has 1 aliphatic carbocycles. The molecule has 8 aromatic heterocycles. The molecule has 12 rings (SSSR count). The van der Waals surface area contributed by atoms with E-state index in [9.17, 15) is 28.9 Å². The molecule has 0 amide bonds. The van der Waals surface area contributed by atoms with Gasteiger partial charge in [0.2, 0.25) is 0 Å². The number of aliphatic carboxylic acids is 1. The Balaban J connectivity index is 0.000000188. The van der Waals surface area contributed by atoms with Crippen molar-refractivity contribution in [1.82, 2.24) is 54.0 Å². The molecule has 0 radical (unpaired) electrons. The maximum absolute atomic E-state index is 13.5. The van der Waals surface area contributed by atoms with Crippen molar-refractivity contribution >= 4 is 67.6 Å². The van der Waals surface area contributed by atoms with Crippen molar-refractivity contribution in [3.63, 3.8) is 0 Å². The number of pyridine rings is 2. The van der Waals surface area contributed by atoms with Gasteiger partial charge in [0, 0.05) is 97.1 Å². The molecule has 19 nitrogen and oxygen atoms in total. The first-order valence-electron chi connectivity index (χ1n) is 28.9. The number of hydrogen-bond donors (Lipinski definition) is 3. The number of thiazole rings is 2. The number of nitrogens with zero attached hydrogens (tertiary/aromatic N) is 14. The van der Waals surface area contributed by atoms with E-state index in [1.807, 2.05) is 83.2 Å². The zero-order valence-electron chi connectivity index (χ0n) is 48.6. The van der Waals surface area contributed by atoms with Gasteiger partial charge in [-0.05, 0) is 130 Å². The third-order valence-corrected chi connectivity index (χ3v) is 17.3. The van der Waals surface area contributed by atoms with Gasteiger partial charge in [-0.25, -0.2) is 48.7 Å². The number of nitrogens with one attached hydrogen (secondary N) is 1. The highest BCUT2D eigenvalue weighted by Gasteiger charge is 2.25. The molecule has 2 fully saturated rings. The number of carboxylic acids is 1. The molecule has 88 heavy (non-hydrogen) atoms. The molecule has 23 heteroatoms. The van der Waals surface area contributed by atoms with E-state index in [2.05, 4.69) is 37.4 Å². The zero-order chi connectivity index (χ0) is 61.1. The molecule has 1 aliphatic heterocycles. The van der Waals surface area contributed by atoms with E-state index in [4.69, 9.17) is 30.8 Å². The number of carbonyl (C=O) groups is 2. The number of nitrogens with two attached hydrogens (primary N) is 1. The highest BCUT2D eigenvalue weighted by Crippen LogP contribution is 2.39. The van der Waals surface area contributed by atoms with E-state index in [-0.39, 0.29) is 43.5 Å². The van der Waals surface area contributed by atoms with Crippen LogP contribution in [0.15, 0.2) is 110 Å². The van der Waals surface area contributed by atoms with Crippen LogP contribution in [-0.2, 0) is 35.3 Å². The third kappa shape index (κ3) is 14.8. The molecule has 0 spiro atoms. The summed E-state index contributed by atoms with van der Waals surface area (Å²) < 4.78 is 30.9. The molecule has 1 saturated heterocycles. The first-order chi connectivity index (χ1) is 42.2. The number of benzene rings is 2. The number of piperidine rings is 1. The molecule has 1 saturated carbocycles. The Bertz CT molecular complexity index is 4120. The second-order valence-corrected chi connectivity index (χ2v) is 23.3. The summed E-state index contributed by atoms with van der Waals surface area (Å²) >= 11 is 2.53. The normalized spacial score (nSPS) is 13.3. The van der Waals surface area contributed by atoms with Crippen molar-refractivity contribution < 1.29 is 23.5 Å². The topological polar surface area (TPSA) is 258 Å². The Kier molecular flexibility index (Phi) is 20.8. The van der Waals surface area contributed by atoms with Crippen LogP contribution in [0.3, 0.4) is 0 Å². The van der Waals surface area contributed by atoms with Gasteiger partial charge in [-0.15, -0.1) is 0 Å². The minimum Gasteiger partial charge on any atom is -0.481 e. The molecule has 2 aliphatic rings. The Labute approximate surface area is 517 Å². The summed E-state index contributed by atoms with van der Waals surface area (Å²) in [6, 6.07) is 24.6. The van der Waals surface area contributed by atoms with E-state index in [0.29, 0.717) is 79.6 Å². The fourth-order valence-corrected chi connectivity index (χ4v) is 12.3. The third-order valence-electron chi connectivity index (χ3n) is 15.2. The van der Waals surface area contributed by atoms with E-state index in [1.54, 1.807) is 49.1 Å². The number of fused-ring (bicyclic) bond motifs is 2. The highest BCUT2D eigenvalue weighted by atomic mass is 32.1. The van der Waals surface area contributed by atoms with Crippen LogP contribution in [0.1, 0.15) is 105 Å². The maximum atomic E-state index is 13.5. The van der Waals surface area contributed by atoms with Crippen LogP contribution in [0, 0.1) is 40.2 Å². The minimum absolute atomic E-state index is 0. The number of rotatable bonds is 16. The monoisotopic (exact) mass is 1220 g/mol. The van der Waals surface area contributed by atoms with Gasteiger partial charge < -0.3 is 26.0 Å². The lowest BCUT2D eigenvalue weighted by atomic mass is 9.92. The predicted molar refractivity (Wildman–Crippen MR) is 340 cm³/mol. The number of ketones is 1. The number of aryl methyl sites for hydroxylation is 2. The Morgan fingerprint density at radius 3 is 1.43 bits per heavy atom. The van der Waals surface area contributed by atoms with Crippen LogP contribution in [-0.4, -0.2) is 98.8 Å². The summed E-state index contributed by atoms with van der Waals surface area (Å²) in [4.78, 5) is 64.7. The lowest BCUT2D eigenvalue weighted by Gasteiger charge is -2.21. The van der Waals surface area contributed by atoms with Crippen molar-refractivity contribution in [2.45, 2.75) is 104 Å². The Morgan fingerprint density at radius 1 is 0.625 bits per heavy atom. The van der Waals surface area contributed by atoms with Gasteiger partial charge in [-0.3, -0.25) is 18.4 Å². The van der Waals surface area contributed by atoms with Crippen molar-refractivity contribution in [3.05, 3.63) is 154 Å². The number of carboxylic acid groups (broad SMARTS) is 1. The predicted octanol–water partition coefficient (Wildman–Crippen LogP) is 12.6. The van der Waals surface area contributed by atoms with Crippen molar-refractivity contribution in [1.29, 1.82) is 10.5 Å². The second kappa shape index (κ2) is 29.0. The van der Waals surface area contributed by atoms with Gasteiger partial charge in [0.15, 0.2) is 10.3 Å². The van der Waals surface area contributed by atoms with Gasteiger partial charge in [0.25, 0.3) is 0 Å². The lowest BCUT2D eigenvalue weighted by Crippen LogP contribution is -2.29. The number of nitriles is 2. The molecule has 9 heterocycles. The van der Waals surface area contributed by atoms with Gasteiger partial charge in [0.05, 0.1) is 17.8 Å². The molecular weight excluding hydrogens is 1150 g/mol. The second-order valence-electron chi connectivity index (χ2n) is 21.3. The molecule has 0 unspecified atom stereocenters. The molecule has 4 N–H and O–H groups in total. The average molecular weight is 1220 g/mol. The van der Waals surface area contributed by atoms with Crippen LogP contribution in [0.5, 0.6) is 0 Å². The van der Waals surface area contributed by atoms with Crippen LogP contribution < -0.4 is 20.9 Å². The van der Waals surface area contributed by atoms with Gasteiger partial charge in [0.1, 0.15) is 91.7 Å². The Morgan fingerprint density at radius 2 is 1.05 bits per heavy atom.